The Kier molecular flexibility index (Phi) is 4.60. The lowest BCUT2D eigenvalue weighted by molar-refractivity contribution is -0.113. The van der Waals surface area contributed by atoms with Gasteiger partial charge in [0.05, 0.1) is 17.0 Å². The third-order valence-corrected chi connectivity index (χ3v) is 5.48. The predicted molar refractivity (Wildman–Crippen MR) is 105 cm³/mol. The minimum atomic E-state index is -0.320. The molecule has 0 spiro atoms. The van der Waals surface area contributed by atoms with Gasteiger partial charge in [-0.2, -0.15) is 0 Å². The second-order valence-corrected chi connectivity index (χ2v) is 7.35. The van der Waals surface area contributed by atoms with E-state index in [1.807, 2.05) is 24.3 Å². The number of para-hydroxylation sites is 1. The predicted octanol–water partition coefficient (Wildman–Crippen LogP) is 4.74. The standard InChI is InChI=1S/C18H12BrFN4OS/c19-12-3-1-2-4-14(12)23-15(25)8-26-18-17-16(21-9-22-18)11-7-10(20)5-6-13(11)24-17/h1-7,9,24H,8H2,(H,23,25). The highest BCUT2D eigenvalue weighted by Crippen LogP contribution is 2.30. The zero-order valence-corrected chi connectivity index (χ0v) is 15.7. The van der Waals surface area contributed by atoms with Crippen molar-refractivity contribution < 1.29 is 9.18 Å². The number of amides is 1. The van der Waals surface area contributed by atoms with Crippen molar-refractivity contribution in [1.29, 1.82) is 0 Å². The second-order valence-electron chi connectivity index (χ2n) is 5.53. The van der Waals surface area contributed by atoms with Crippen LogP contribution >= 0.6 is 27.7 Å². The Morgan fingerprint density at radius 1 is 1.23 bits per heavy atom. The number of aromatic nitrogens is 3. The smallest absolute Gasteiger partial charge is 0.234 e. The number of thioether (sulfide) groups is 1. The average Bonchev–Trinajstić information content (AvgIpc) is 3.00. The highest BCUT2D eigenvalue weighted by atomic mass is 79.9. The molecule has 4 rings (SSSR count). The van der Waals surface area contributed by atoms with Crippen molar-refractivity contribution in [1.82, 2.24) is 15.0 Å². The van der Waals surface area contributed by atoms with Gasteiger partial charge in [-0.3, -0.25) is 4.79 Å². The summed E-state index contributed by atoms with van der Waals surface area (Å²) >= 11 is 4.70. The number of carbonyl (C=O) groups excluding carboxylic acids is 1. The summed E-state index contributed by atoms with van der Waals surface area (Å²) in [5.74, 6) is -0.271. The highest BCUT2D eigenvalue weighted by molar-refractivity contribution is 9.10. The molecule has 0 saturated carbocycles. The van der Waals surface area contributed by atoms with Crippen molar-refractivity contribution in [3.05, 3.63) is 59.1 Å². The molecule has 0 unspecified atom stereocenters. The summed E-state index contributed by atoms with van der Waals surface area (Å²) in [7, 11) is 0. The topological polar surface area (TPSA) is 70.7 Å². The molecular formula is C18H12BrFN4OS. The first-order valence-electron chi connectivity index (χ1n) is 7.71. The van der Waals surface area contributed by atoms with Crippen molar-refractivity contribution >= 4 is 61.2 Å². The molecule has 4 aromatic rings. The Labute approximate surface area is 160 Å². The fourth-order valence-electron chi connectivity index (χ4n) is 2.63. The van der Waals surface area contributed by atoms with Crippen LogP contribution in [0.15, 0.2) is 58.3 Å². The fourth-order valence-corrected chi connectivity index (χ4v) is 3.77. The van der Waals surface area contributed by atoms with Gasteiger partial charge in [-0.1, -0.05) is 23.9 Å². The van der Waals surface area contributed by atoms with Crippen LogP contribution in [0, 0.1) is 5.82 Å². The van der Waals surface area contributed by atoms with E-state index in [9.17, 15) is 9.18 Å². The number of H-pyrrole nitrogens is 1. The first kappa shape index (κ1) is 17.0. The Balaban J connectivity index is 1.57. The maximum Gasteiger partial charge on any atom is 0.234 e. The van der Waals surface area contributed by atoms with Gasteiger partial charge in [0.1, 0.15) is 22.7 Å². The maximum absolute atomic E-state index is 13.5. The van der Waals surface area contributed by atoms with Gasteiger partial charge in [-0.15, -0.1) is 0 Å². The van der Waals surface area contributed by atoms with Crippen LogP contribution in [0.3, 0.4) is 0 Å². The molecule has 0 aliphatic rings. The van der Waals surface area contributed by atoms with Gasteiger partial charge in [-0.05, 0) is 46.3 Å². The summed E-state index contributed by atoms with van der Waals surface area (Å²) in [5, 5.41) is 4.20. The monoisotopic (exact) mass is 430 g/mol. The molecule has 26 heavy (non-hydrogen) atoms. The molecule has 0 fully saturated rings. The molecule has 2 aromatic carbocycles. The number of carbonyl (C=O) groups is 1. The summed E-state index contributed by atoms with van der Waals surface area (Å²) in [5.41, 5.74) is 2.84. The summed E-state index contributed by atoms with van der Waals surface area (Å²) in [6.45, 7) is 0. The Bertz CT molecular complexity index is 1130. The zero-order valence-electron chi connectivity index (χ0n) is 13.3. The van der Waals surface area contributed by atoms with Crippen LogP contribution in [-0.2, 0) is 4.79 Å². The molecule has 0 radical (unpaired) electrons. The summed E-state index contributed by atoms with van der Waals surface area (Å²) in [6.07, 6.45) is 1.43. The molecule has 0 bridgehead atoms. The highest BCUT2D eigenvalue weighted by Gasteiger charge is 2.13. The van der Waals surface area contributed by atoms with Crippen LogP contribution < -0.4 is 5.32 Å². The van der Waals surface area contributed by atoms with E-state index in [1.54, 1.807) is 6.07 Å². The van der Waals surface area contributed by atoms with Crippen molar-refractivity contribution in [2.45, 2.75) is 5.03 Å². The van der Waals surface area contributed by atoms with E-state index >= 15 is 0 Å². The van der Waals surface area contributed by atoms with E-state index < -0.39 is 0 Å². The van der Waals surface area contributed by atoms with Gasteiger partial charge in [0.25, 0.3) is 0 Å². The van der Waals surface area contributed by atoms with Gasteiger partial charge < -0.3 is 10.3 Å². The minimum absolute atomic E-state index is 0.143. The van der Waals surface area contributed by atoms with Gasteiger partial charge in [-0.25, -0.2) is 14.4 Å². The molecule has 0 saturated heterocycles. The number of anilines is 1. The molecule has 130 valence electrons. The van der Waals surface area contributed by atoms with Gasteiger partial charge in [0.15, 0.2) is 0 Å². The van der Waals surface area contributed by atoms with Crippen molar-refractivity contribution in [2.75, 3.05) is 11.1 Å². The molecule has 2 N–H and O–H groups in total. The summed E-state index contributed by atoms with van der Waals surface area (Å²) < 4.78 is 14.3. The largest absolute Gasteiger partial charge is 0.351 e. The van der Waals surface area contributed by atoms with Crippen LogP contribution in [0.2, 0.25) is 0 Å². The lowest BCUT2D eigenvalue weighted by Gasteiger charge is -2.07. The van der Waals surface area contributed by atoms with Gasteiger partial charge in [0, 0.05) is 15.4 Å². The van der Waals surface area contributed by atoms with Crippen LogP contribution in [0.4, 0.5) is 10.1 Å². The number of aromatic amines is 1. The van der Waals surface area contributed by atoms with Crippen molar-refractivity contribution in [3.8, 4) is 0 Å². The molecule has 0 aliphatic heterocycles. The van der Waals surface area contributed by atoms with E-state index in [2.05, 4.69) is 36.2 Å². The number of hydrogen-bond donors (Lipinski definition) is 2. The molecule has 0 atom stereocenters. The number of rotatable bonds is 4. The molecule has 0 aliphatic carbocycles. The van der Waals surface area contributed by atoms with Gasteiger partial charge >= 0.3 is 0 Å². The number of hydrogen-bond acceptors (Lipinski definition) is 4. The van der Waals surface area contributed by atoms with Crippen LogP contribution in [0.25, 0.3) is 21.9 Å². The minimum Gasteiger partial charge on any atom is -0.351 e. The molecule has 8 heteroatoms. The lowest BCUT2D eigenvalue weighted by atomic mass is 10.2. The first-order chi connectivity index (χ1) is 12.6. The Hall–Kier alpha value is -2.45. The lowest BCUT2D eigenvalue weighted by Crippen LogP contribution is -2.14. The second kappa shape index (κ2) is 7.05. The Morgan fingerprint density at radius 2 is 2.08 bits per heavy atom. The van der Waals surface area contributed by atoms with E-state index in [1.165, 1.54) is 30.2 Å². The first-order valence-corrected chi connectivity index (χ1v) is 9.49. The quantitative estimate of drug-likeness (QED) is 0.362. The van der Waals surface area contributed by atoms with Gasteiger partial charge in [0.2, 0.25) is 5.91 Å². The third kappa shape index (κ3) is 3.30. The van der Waals surface area contributed by atoms with Crippen LogP contribution in [0.1, 0.15) is 0 Å². The SMILES string of the molecule is O=C(CSc1ncnc2c1[nH]c1ccc(F)cc12)Nc1ccccc1Br. The molecule has 1 amide bonds. The molecular weight excluding hydrogens is 419 g/mol. The van der Waals surface area contributed by atoms with Crippen LogP contribution in [-0.4, -0.2) is 26.6 Å². The normalized spacial score (nSPS) is 11.2. The van der Waals surface area contributed by atoms with E-state index in [0.717, 1.165) is 9.99 Å². The van der Waals surface area contributed by atoms with E-state index in [-0.39, 0.29) is 17.5 Å². The average molecular weight is 431 g/mol. The zero-order chi connectivity index (χ0) is 18.1. The van der Waals surface area contributed by atoms with Crippen molar-refractivity contribution in [2.24, 2.45) is 0 Å². The number of benzene rings is 2. The Morgan fingerprint density at radius 3 is 2.92 bits per heavy atom. The molecule has 5 nitrogen and oxygen atoms in total. The molecule has 2 heterocycles. The van der Waals surface area contributed by atoms with Crippen molar-refractivity contribution in [3.63, 3.8) is 0 Å². The van der Waals surface area contributed by atoms with E-state index in [0.29, 0.717) is 27.1 Å². The summed E-state index contributed by atoms with van der Waals surface area (Å²) in [4.78, 5) is 23.9. The third-order valence-electron chi connectivity index (χ3n) is 3.80. The maximum atomic E-state index is 13.5. The summed E-state index contributed by atoms with van der Waals surface area (Å²) in [6, 6.07) is 11.9. The number of fused-ring (bicyclic) bond motifs is 3. The van der Waals surface area contributed by atoms with Crippen LogP contribution in [0.5, 0.6) is 0 Å². The number of halogens is 2. The number of nitrogens with zero attached hydrogens (tertiary/aromatic N) is 2. The van der Waals surface area contributed by atoms with E-state index in [4.69, 9.17) is 0 Å². The number of nitrogens with one attached hydrogen (secondary N) is 2. The fraction of sp³-hybridized carbons (Fsp3) is 0.0556. The molecule has 2 aromatic heterocycles.